The second-order valence-corrected chi connectivity index (χ2v) is 7.38. The summed E-state index contributed by atoms with van der Waals surface area (Å²) in [6.45, 7) is 2.62. The molecule has 0 aromatic carbocycles. The molecule has 3 rings (SSSR count). The van der Waals surface area contributed by atoms with E-state index in [4.69, 9.17) is 0 Å². The molecule has 2 heterocycles. The third-order valence-electron chi connectivity index (χ3n) is 4.59. The standard InChI is InChI=1S/C16H22N4O3S/c1-11-10-24-13(18-11)9-17-12(21)5-4-8-20-14(22)16(19-15(20)23)6-2-3-7-16/h10H,2-9H2,1H3,(H,17,21)(H,19,23). The average molecular weight is 350 g/mol. The quantitative estimate of drug-likeness (QED) is 0.764. The molecule has 1 aromatic rings. The summed E-state index contributed by atoms with van der Waals surface area (Å²) in [7, 11) is 0. The number of carbonyl (C=O) groups is 3. The summed E-state index contributed by atoms with van der Waals surface area (Å²) in [5.41, 5.74) is 0.283. The fourth-order valence-corrected chi connectivity index (χ4v) is 4.05. The Morgan fingerprint density at radius 2 is 2.17 bits per heavy atom. The van der Waals surface area contributed by atoms with Crippen LogP contribution < -0.4 is 10.6 Å². The number of carbonyl (C=O) groups excluding carboxylic acids is 3. The van der Waals surface area contributed by atoms with E-state index in [9.17, 15) is 14.4 Å². The van der Waals surface area contributed by atoms with Crippen LogP contribution in [0.2, 0.25) is 0 Å². The maximum atomic E-state index is 12.5. The second kappa shape index (κ2) is 6.88. The van der Waals surface area contributed by atoms with Gasteiger partial charge in [0, 0.05) is 24.0 Å². The van der Waals surface area contributed by atoms with Gasteiger partial charge in [-0.2, -0.15) is 0 Å². The number of aromatic nitrogens is 1. The molecule has 1 saturated carbocycles. The summed E-state index contributed by atoms with van der Waals surface area (Å²) >= 11 is 1.52. The molecule has 24 heavy (non-hydrogen) atoms. The first-order valence-corrected chi connectivity index (χ1v) is 9.20. The summed E-state index contributed by atoms with van der Waals surface area (Å²) in [5.74, 6) is -0.214. The van der Waals surface area contributed by atoms with Gasteiger partial charge in [-0.1, -0.05) is 12.8 Å². The van der Waals surface area contributed by atoms with Crippen molar-refractivity contribution in [3.63, 3.8) is 0 Å². The number of nitrogens with zero attached hydrogens (tertiary/aromatic N) is 2. The highest BCUT2D eigenvalue weighted by Gasteiger charge is 2.51. The summed E-state index contributed by atoms with van der Waals surface area (Å²) in [6, 6.07) is -0.319. The van der Waals surface area contributed by atoms with Gasteiger partial charge >= 0.3 is 6.03 Å². The molecule has 1 spiro atoms. The molecule has 2 fully saturated rings. The van der Waals surface area contributed by atoms with Crippen LogP contribution in [0.3, 0.4) is 0 Å². The monoisotopic (exact) mass is 350 g/mol. The number of amides is 4. The number of urea groups is 1. The van der Waals surface area contributed by atoms with Crippen molar-refractivity contribution in [1.82, 2.24) is 20.5 Å². The number of imide groups is 1. The van der Waals surface area contributed by atoms with Crippen molar-refractivity contribution < 1.29 is 14.4 Å². The molecule has 0 atom stereocenters. The topological polar surface area (TPSA) is 91.4 Å². The molecule has 0 bridgehead atoms. The van der Waals surface area contributed by atoms with Gasteiger partial charge in [0.1, 0.15) is 10.5 Å². The zero-order valence-electron chi connectivity index (χ0n) is 13.8. The Morgan fingerprint density at radius 3 is 2.83 bits per heavy atom. The highest BCUT2D eigenvalue weighted by molar-refractivity contribution is 7.09. The Kier molecular flexibility index (Phi) is 4.84. The van der Waals surface area contributed by atoms with Gasteiger partial charge in [-0.3, -0.25) is 14.5 Å². The first-order chi connectivity index (χ1) is 11.5. The molecule has 130 valence electrons. The lowest BCUT2D eigenvalue weighted by Crippen LogP contribution is -2.44. The Hall–Kier alpha value is -1.96. The van der Waals surface area contributed by atoms with Gasteiger partial charge in [0.25, 0.3) is 5.91 Å². The summed E-state index contributed by atoms with van der Waals surface area (Å²) in [5, 5.41) is 8.48. The predicted octanol–water partition coefficient (Wildman–Crippen LogP) is 1.71. The average Bonchev–Trinajstić information content (AvgIpc) is 3.23. The van der Waals surface area contributed by atoms with Crippen LogP contribution in [0.4, 0.5) is 4.79 Å². The van der Waals surface area contributed by atoms with Crippen LogP contribution in [0.1, 0.15) is 49.2 Å². The van der Waals surface area contributed by atoms with Gasteiger partial charge in [-0.15, -0.1) is 11.3 Å². The van der Waals surface area contributed by atoms with Crippen LogP contribution in [0.25, 0.3) is 0 Å². The number of nitrogens with one attached hydrogen (secondary N) is 2. The largest absolute Gasteiger partial charge is 0.350 e. The van der Waals surface area contributed by atoms with E-state index in [0.29, 0.717) is 13.0 Å². The van der Waals surface area contributed by atoms with Crippen molar-refractivity contribution in [1.29, 1.82) is 0 Å². The molecule has 1 aliphatic heterocycles. The van der Waals surface area contributed by atoms with Crippen molar-refractivity contribution in [2.24, 2.45) is 0 Å². The Labute approximate surface area is 144 Å². The van der Waals surface area contributed by atoms with Crippen LogP contribution in [0, 0.1) is 6.92 Å². The lowest BCUT2D eigenvalue weighted by Gasteiger charge is -2.19. The van der Waals surface area contributed by atoms with Crippen molar-refractivity contribution >= 4 is 29.2 Å². The molecular formula is C16H22N4O3S. The Balaban J connectivity index is 1.42. The third-order valence-corrected chi connectivity index (χ3v) is 5.56. The van der Waals surface area contributed by atoms with Gasteiger partial charge < -0.3 is 10.6 Å². The fraction of sp³-hybridized carbons (Fsp3) is 0.625. The van der Waals surface area contributed by atoms with Crippen LogP contribution in [-0.2, 0) is 16.1 Å². The lowest BCUT2D eigenvalue weighted by atomic mass is 9.98. The van der Waals surface area contributed by atoms with E-state index < -0.39 is 5.54 Å². The zero-order valence-corrected chi connectivity index (χ0v) is 14.6. The summed E-state index contributed by atoms with van der Waals surface area (Å²) in [4.78, 5) is 41.9. The molecule has 1 aromatic heterocycles. The predicted molar refractivity (Wildman–Crippen MR) is 89.4 cm³/mol. The molecule has 0 unspecified atom stereocenters. The van der Waals surface area contributed by atoms with Gasteiger partial charge in [0.2, 0.25) is 5.91 Å². The van der Waals surface area contributed by atoms with E-state index in [2.05, 4.69) is 15.6 Å². The van der Waals surface area contributed by atoms with Crippen LogP contribution >= 0.6 is 11.3 Å². The smallest absolute Gasteiger partial charge is 0.325 e. The number of rotatable bonds is 6. The molecule has 0 radical (unpaired) electrons. The molecule has 7 nitrogen and oxygen atoms in total. The lowest BCUT2D eigenvalue weighted by molar-refractivity contribution is -0.131. The second-order valence-electron chi connectivity index (χ2n) is 6.44. The first kappa shape index (κ1) is 16.9. The highest BCUT2D eigenvalue weighted by atomic mass is 32.1. The molecule has 2 aliphatic rings. The normalized spacial score (nSPS) is 19.1. The van der Waals surface area contributed by atoms with Gasteiger partial charge in [0.05, 0.1) is 6.54 Å². The molecule has 2 N–H and O–H groups in total. The SMILES string of the molecule is Cc1csc(CNC(=O)CCCN2C(=O)NC3(CCCC3)C2=O)n1. The highest BCUT2D eigenvalue weighted by Crippen LogP contribution is 2.35. The third kappa shape index (κ3) is 3.43. The van der Waals surface area contributed by atoms with Crippen LogP contribution in [-0.4, -0.2) is 39.8 Å². The van der Waals surface area contributed by atoms with E-state index in [-0.39, 0.29) is 30.8 Å². The van der Waals surface area contributed by atoms with Crippen LogP contribution in [0.5, 0.6) is 0 Å². The van der Waals surface area contributed by atoms with Crippen molar-refractivity contribution in [2.75, 3.05) is 6.54 Å². The minimum absolute atomic E-state index is 0.0921. The number of thiazole rings is 1. The Morgan fingerprint density at radius 1 is 1.42 bits per heavy atom. The zero-order chi connectivity index (χ0) is 17.2. The van der Waals surface area contributed by atoms with E-state index >= 15 is 0 Å². The number of aryl methyl sites for hydroxylation is 1. The van der Waals surface area contributed by atoms with E-state index in [0.717, 1.165) is 36.4 Å². The molecule has 1 aliphatic carbocycles. The fourth-order valence-electron chi connectivity index (χ4n) is 3.34. The van der Waals surface area contributed by atoms with Gasteiger partial charge in [0.15, 0.2) is 0 Å². The van der Waals surface area contributed by atoms with Crippen molar-refractivity contribution in [2.45, 2.75) is 57.5 Å². The van der Waals surface area contributed by atoms with E-state index in [1.807, 2.05) is 12.3 Å². The van der Waals surface area contributed by atoms with E-state index in [1.54, 1.807) is 0 Å². The van der Waals surface area contributed by atoms with Crippen LogP contribution in [0.15, 0.2) is 5.38 Å². The maximum absolute atomic E-state index is 12.5. The van der Waals surface area contributed by atoms with Crippen molar-refractivity contribution in [3.8, 4) is 0 Å². The first-order valence-electron chi connectivity index (χ1n) is 8.32. The number of hydrogen-bond donors (Lipinski definition) is 2. The molecule has 1 saturated heterocycles. The molecular weight excluding hydrogens is 328 g/mol. The molecule has 8 heteroatoms. The number of hydrogen-bond acceptors (Lipinski definition) is 5. The van der Waals surface area contributed by atoms with E-state index in [1.165, 1.54) is 16.2 Å². The maximum Gasteiger partial charge on any atom is 0.325 e. The van der Waals surface area contributed by atoms with Gasteiger partial charge in [-0.25, -0.2) is 9.78 Å². The summed E-state index contributed by atoms with van der Waals surface area (Å²) in [6.07, 6.45) is 4.15. The Bertz CT molecular complexity index is 652. The minimum Gasteiger partial charge on any atom is -0.350 e. The minimum atomic E-state index is -0.665. The van der Waals surface area contributed by atoms with Crippen molar-refractivity contribution in [3.05, 3.63) is 16.1 Å². The van der Waals surface area contributed by atoms with Gasteiger partial charge in [-0.05, 0) is 26.2 Å². The molecule has 4 amide bonds. The summed E-state index contributed by atoms with van der Waals surface area (Å²) < 4.78 is 0.